The van der Waals surface area contributed by atoms with Crippen LogP contribution in [0, 0.1) is 0 Å². The minimum Gasteiger partial charge on any atom is -0.383 e. The summed E-state index contributed by atoms with van der Waals surface area (Å²) in [7, 11) is 0. The van der Waals surface area contributed by atoms with Crippen LogP contribution in [0.4, 0.5) is 34.3 Å². The molecule has 324 valence electrons. The Bertz CT molecular complexity index is 3580. The topological polar surface area (TPSA) is 42.4 Å². The Morgan fingerprint density at radius 1 is 0.338 bits per heavy atom. The molecule has 2 aromatic heterocycles. The van der Waals surface area contributed by atoms with E-state index in [0.717, 1.165) is 67.1 Å². The number of benzene rings is 10. The molecular weight excluding hydrogens is 827 g/mol. The first-order valence-corrected chi connectivity index (χ1v) is 23.2. The summed E-state index contributed by atoms with van der Waals surface area (Å²) in [4.78, 5) is 4.73. The Kier molecular flexibility index (Phi) is 10.3. The standard InChI is InChI=1S/C63H47N5/c64-63-62(65(50-24-12-4-13-25-50)44-45-18-6-1-7-19-45)60-59(68(63)51-26-14-5-15-27-51)43-42-57-56-28-16-17-29-58(56)67(61(57)60)55-40-38-54(39-41-55)66(52-34-30-48(31-35-52)46-20-8-2-9-21-46)53-36-32-49(33-37-53)47-22-10-3-11-23-47/h1-43H,44,64H2. The molecule has 12 aromatic rings. The van der Waals surface area contributed by atoms with Crippen molar-refractivity contribution in [1.29, 1.82) is 0 Å². The van der Waals surface area contributed by atoms with E-state index in [2.05, 4.69) is 280 Å². The average molecular weight is 874 g/mol. The van der Waals surface area contributed by atoms with Crippen LogP contribution in [0.2, 0.25) is 0 Å². The van der Waals surface area contributed by atoms with Crippen molar-refractivity contribution in [2.75, 3.05) is 15.5 Å². The second-order valence-corrected chi connectivity index (χ2v) is 17.2. The molecule has 0 fully saturated rings. The average Bonchev–Trinajstić information content (AvgIpc) is 3.91. The summed E-state index contributed by atoms with van der Waals surface area (Å²) < 4.78 is 4.66. The van der Waals surface area contributed by atoms with E-state index in [1.807, 2.05) is 0 Å². The summed E-state index contributed by atoms with van der Waals surface area (Å²) in [6.45, 7) is 0.628. The van der Waals surface area contributed by atoms with E-state index < -0.39 is 0 Å². The predicted octanol–water partition coefficient (Wildman–Crippen LogP) is 16.5. The van der Waals surface area contributed by atoms with Gasteiger partial charge in [0.25, 0.3) is 0 Å². The number of aromatic nitrogens is 2. The van der Waals surface area contributed by atoms with Crippen molar-refractivity contribution in [1.82, 2.24) is 9.13 Å². The van der Waals surface area contributed by atoms with Crippen molar-refractivity contribution in [2.45, 2.75) is 6.54 Å². The van der Waals surface area contributed by atoms with Gasteiger partial charge in [-0.2, -0.15) is 0 Å². The third-order valence-corrected chi connectivity index (χ3v) is 13.1. The van der Waals surface area contributed by atoms with E-state index in [0.29, 0.717) is 12.4 Å². The van der Waals surface area contributed by atoms with Gasteiger partial charge >= 0.3 is 0 Å². The number of nitrogens with two attached hydrogens (primary N) is 1. The fourth-order valence-electron chi connectivity index (χ4n) is 9.97. The number of para-hydroxylation sites is 3. The van der Waals surface area contributed by atoms with Crippen LogP contribution in [-0.4, -0.2) is 9.13 Å². The van der Waals surface area contributed by atoms with Gasteiger partial charge in [-0.05, 0) is 113 Å². The monoisotopic (exact) mass is 873 g/mol. The van der Waals surface area contributed by atoms with Crippen LogP contribution in [0.3, 0.4) is 0 Å². The molecule has 10 aromatic carbocycles. The van der Waals surface area contributed by atoms with Crippen molar-refractivity contribution < 1.29 is 0 Å². The van der Waals surface area contributed by atoms with Crippen LogP contribution < -0.4 is 15.5 Å². The Hall–Kier alpha value is -9.06. The number of nitrogen functional groups attached to an aromatic ring is 1. The lowest BCUT2D eigenvalue weighted by molar-refractivity contribution is 0.977. The zero-order chi connectivity index (χ0) is 45.4. The summed E-state index contributed by atoms with van der Waals surface area (Å²) in [5.41, 5.74) is 24.1. The van der Waals surface area contributed by atoms with Crippen LogP contribution >= 0.6 is 0 Å². The van der Waals surface area contributed by atoms with Crippen molar-refractivity contribution in [2.24, 2.45) is 0 Å². The first-order chi connectivity index (χ1) is 33.7. The highest BCUT2D eigenvalue weighted by Gasteiger charge is 2.28. The second kappa shape index (κ2) is 17.4. The number of fused-ring (bicyclic) bond motifs is 5. The molecular formula is C63H47N5. The van der Waals surface area contributed by atoms with Gasteiger partial charge in [0.2, 0.25) is 0 Å². The van der Waals surface area contributed by atoms with Gasteiger partial charge in [-0.3, -0.25) is 4.57 Å². The zero-order valence-corrected chi connectivity index (χ0v) is 37.4. The molecule has 0 aliphatic heterocycles. The van der Waals surface area contributed by atoms with E-state index in [-0.39, 0.29) is 0 Å². The molecule has 5 heteroatoms. The highest BCUT2D eigenvalue weighted by atomic mass is 15.2. The van der Waals surface area contributed by atoms with E-state index >= 15 is 0 Å². The molecule has 0 aliphatic carbocycles. The molecule has 68 heavy (non-hydrogen) atoms. The third kappa shape index (κ3) is 7.23. The Balaban J connectivity index is 1.06. The van der Waals surface area contributed by atoms with Gasteiger partial charge in [-0.1, -0.05) is 176 Å². The van der Waals surface area contributed by atoms with Gasteiger partial charge in [0.15, 0.2) is 0 Å². The lowest BCUT2D eigenvalue weighted by atomic mass is 10.0. The lowest BCUT2D eigenvalue weighted by Gasteiger charge is -2.26. The molecule has 0 radical (unpaired) electrons. The molecule has 0 bridgehead atoms. The zero-order valence-electron chi connectivity index (χ0n) is 37.4. The highest BCUT2D eigenvalue weighted by Crippen LogP contribution is 2.48. The van der Waals surface area contributed by atoms with Crippen LogP contribution in [-0.2, 0) is 6.54 Å². The Labute approximate surface area is 396 Å². The minimum atomic E-state index is 0.628. The summed E-state index contributed by atoms with van der Waals surface area (Å²) in [6.07, 6.45) is 0. The quantitative estimate of drug-likeness (QED) is 0.141. The molecule has 0 unspecified atom stereocenters. The molecule has 0 amide bonds. The van der Waals surface area contributed by atoms with Gasteiger partial charge in [0.1, 0.15) is 5.82 Å². The number of hydrogen-bond donors (Lipinski definition) is 1. The van der Waals surface area contributed by atoms with Crippen LogP contribution in [0.5, 0.6) is 0 Å². The van der Waals surface area contributed by atoms with Gasteiger partial charge in [0, 0.05) is 51.4 Å². The van der Waals surface area contributed by atoms with Crippen LogP contribution in [0.15, 0.2) is 261 Å². The van der Waals surface area contributed by atoms with E-state index in [9.17, 15) is 0 Å². The number of anilines is 6. The van der Waals surface area contributed by atoms with Gasteiger partial charge in [-0.15, -0.1) is 0 Å². The molecule has 2 heterocycles. The van der Waals surface area contributed by atoms with E-state index in [1.165, 1.54) is 33.2 Å². The van der Waals surface area contributed by atoms with Crippen molar-refractivity contribution in [3.63, 3.8) is 0 Å². The van der Waals surface area contributed by atoms with Gasteiger partial charge in [0.05, 0.1) is 27.6 Å². The largest absolute Gasteiger partial charge is 0.383 e. The molecule has 0 spiro atoms. The minimum absolute atomic E-state index is 0.628. The normalized spacial score (nSPS) is 11.4. The maximum absolute atomic E-state index is 7.57. The smallest absolute Gasteiger partial charge is 0.133 e. The summed E-state index contributed by atoms with van der Waals surface area (Å²) in [6, 6.07) is 93.0. The number of nitrogens with zero attached hydrogens (tertiary/aromatic N) is 4. The predicted molar refractivity (Wildman–Crippen MR) is 286 cm³/mol. The fourth-order valence-corrected chi connectivity index (χ4v) is 9.97. The van der Waals surface area contributed by atoms with Crippen molar-refractivity contribution in [3.8, 4) is 33.6 Å². The molecule has 0 atom stereocenters. The third-order valence-electron chi connectivity index (χ3n) is 13.1. The summed E-state index contributed by atoms with van der Waals surface area (Å²) in [5, 5.41) is 3.43. The lowest BCUT2D eigenvalue weighted by Crippen LogP contribution is -2.18. The summed E-state index contributed by atoms with van der Waals surface area (Å²) in [5.74, 6) is 0.679. The number of hydrogen-bond acceptors (Lipinski definition) is 3. The first-order valence-electron chi connectivity index (χ1n) is 23.2. The molecule has 12 rings (SSSR count). The highest BCUT2D eigenvalue weighted by molar-refractivity contribution is 6.24. The second-order valence-electron chi connectivity index (χ2n) is 17.2. The molecule has 0 saturated heterocycles. The SMILES string of the molecule is Nc1c(N(Cc2ccccc2)c2ccccc2)c2c(ccc3c4ccccc4n(-c4ccc(N(c5ccc(-c6ccccc6)cc5)c5ccc(-c6ccccc6)cc5)cc4)c32)n1-c1ccccc1. The van der Waals surface area contributed by atoms with Crippen LogP contribution in [0.1, 0.15) is 5.56 Å². The maximum atomic E-state index is 7.57. The molecule has 2 N–H and O–H groups in total. The fraction of sp³-hybridized carbons (Fsp3) is 0.0159. The first kappa shape index (κ1) is 40.4. The summed E-state index contributed by atoms with van der Waals surface area (Å²) >= 11 is 0. The van der Waals surface area contributed by atoms with Crippen molar-refractivity contribution in [3.05, 3.63) is 266 Å². The van der Waals surface area contributed by atoms with E-state index in [1.54, 1.807) is 0 Å². The van der Waals surface area contributed by atoms with E-state index in [4.69, 9.17) is 5.73 Å². The van der Waals surface area contributed by atoms with Crippen LogP contribution in [0.25, 0.3) is 66.3 Å². The maximum Gasteiger partial charge on any atom is 0.133 e. The molecule has 5 nitrogen and oxygen atoms in total. The van der Waals surface area contributed by atoms with Crippen molar-refractivity contribution >= 4 is 67.0 Å². The Morgan fingerprint density at radius 2 is 0.794 bits per heavy atom. The number of rotatable bonds is 11. The molecule has 0 aliphatic rings. The van der Waals surface area contributed by atoms with Gasteiger partial charge in [-0.25, -0.2) is 0 Å². The van der Waals surface area contributed by atoms with Gasteiger partial charge < -0.3 is 20.1 Å². The Morgan fingerprint density at radius 3 is 1.37 bits per heavy atom. The molecule has 0 saturated carbocycles.